The van der Waals surface area contributed by atoms with Gasteiger partial charge in [0.15, 0.2) is 0 Å². The maximum absolute atomic E-state index is 13.0. The highest BCUT2D eigenvalue weighted by atomic mass is 19.1. The molecule has 0 radical (unpaired) electrons. The van der Waals surface area contributed by atoms with Crippen LogP contribution in [0.5, 0.6) is 0 Å². The molecule has 6 nitrogen and oxygen atoms in total. The Hall–Kier alpha value is -2.15. The van der Waals surface area contributed by atoms with Crippen LogP contribution in [0.1, 0.15) is 26.3 Å². The first kappa shape index (κ1) is 18.2. The van der Waals surface area contributed by atoms with Crippen molar-refractivity contribution >= 4 is 12.1 Å². The first-order chi connectivity index (χ1) is 11.2. The molecule has 0 aliphatic carbocycles. The molecule has 1 N–H and O–H groups in total. The smallest absolute Gasteiger partial charge is 0.410 e. The van der Waals surface area contributed by atoms with Crippen LogP contribution in [0.4, 0.5) is 9.18 Å². The number of nitrogens with zero attached hydrogens (tertiary/aromatic N) is 2. The fraction of sp³-hybridized carbons (Fsp3) is 0.529. The van der Waals surface area contributed by atoms with Crippen molar-refractivity contribution in [2.24, 2.45) is 0 Å². The molecule has 2 rings (SSSR count). The minimum atomic E-state index is -0.995. The van der Waals surface area contributed by atoms with Crippen molar-refractivity contribution in [2.75, 3.05) is 19.6 Å². The Kier molecular flexibility index (Phi) is 5.43. The van der Waals surface area contributed by atoms with Crippen LogP contribution >= 0.6 is 0 Å². The maximum atomic E-state index is 13.0. The second-order valence-corrected chi connectivity index (χ2v) is 6.88. The van der Waals surface area contributed by atoms with Gasteiger partial charge >= 0.3 is 12.1 Å². The predicted molar refractivity (Wildman–Crippen MR) is 86.0 cm³/mol. The van der Waals surface area contributed by atoms with E-state index in [0.29, 0.717) is 19.6 Å². The number of carbonyl (C=O) groups excluding carboxylic acids is 1. The van der Waals surface area contributed by atoms with Crippen LogP contribution in [-0.4, -0.2) is 58.2 Å². The average Bonchev–Trinajstić information content (AvgIpc) is 2.48. The first-order valence-electron chi connectivity index (χ1n) is 7.85. The normalized spacial score (nSPS) is 19.2. The Morgan fingerprint density at radius 2 is 1.88 bits per heavy atom. The van der Waals surface area contributed by atoms with Crippen LogP contribution in [0.2, 0.25) is 0 Å². The van der Waals surface area contributed by atoms with Gasteiger partial charge in [-0.05, 0) is 38.5 Å². The minimum absolute atomic E-state index is 0.0610. The topological polar surface area (TPSA) is 70.1 Å². The second kappa shape index (κ2) is 7.17. The van der Waals surface area contributed by atoms with E-state index in [1.54, 1.807) is 37.8 Å². The van der Waals surface area contributed by atoms with E-state index >= 15 is 0 Å². The summed E-state index contributed by atoms with van der Waals surface area (Å²) in [6, 6.07) is 5.14. The molecule has 1 unspecified atom stereocenters. The molecule has 1 amide bonds. The highest BCUT2D eigenvalue weighted by molar-refractivity contribution is 5.76. The molecule has 0 saturated carbocycles. The molecule has 1 aliphatic heterocycles. The number of benzene rings is 1. The lowest BCUT2D eigenvalue weighted by Gasteiger charge is -2.39. The number of halogens is 1. The van der Waals surface area contributed by atoms with Gasteiger partial charge in [-0.15, -0.1) is 0 Å². The lowest BCUT2D eigenvalue weighted by atomic mass is 10.1. The number of hydrogen-bond acceptors (Lipinski definition) is 4. The molecular formula is C17H23FN2O4. The molecule has 1 aromatic carbocycles. The van der Waals surface area contributed by atoms with E-state index in [1.807, 2.05) is 0 Å². The first-order valence-corrected chi connectivity index (χ1v) is 7.85. The number of aliphatic carboxylic acids is 1. The number of ether oxygens (including phenoxy) is 1. The average molecular weight is 338 g/mol. The third-order valence-corrected chi connectivity index (χ3v) is 3.73. The molecule has 0 bridgehead atoms. The number of carboxylic acids is 1. The van der Waals surface area contributed by atoms with Gasteiger partial charge in [0, 0.05) is 19.6 Å². The molecule has 132 valence electrons. The van der Waals surface area contributed by atoms with Gasteiger partial charge in [-0.3, -0.25) is 9.69 Å². The van der Waals surface area contributed by atoms with E-state index in [0.717, 1.165) is 5.56 Å². The molecule has 1 atom stereocenters. The highest BCUT2D eigenvalue weighted by Crippen LogP contribution is 2.18. The molecule has 1 aromatic rings. The number of amides is 1. The van der Waals surface area contributed by atoms with E-state index in [9.17, 15) is 19.1 Å². The van der Waals surface area contributed by atoms with Crippen molar-refractivity contribution < 1.29 is 23.8 Å². The van der Waals surface area contributed by atoms with Crippen molar-refractivity contribution in [3.05, 3.63) is 35.6 Å². The second-order valence-electron chi connectivity index (χ2n) is 6.88. The van der Waals surface area contributed by atoms with Gasteiger partial charge in [0.25, 0.3) is 0 Å². The zero-order valence-electron chi connectivity index (χ0n) is 14.2. The van der Waals surface area contributed by atoms with Gasteiger partial charge < -0.3 is 14.7 Å². The molecule has 0 aromatic heterocycles. The summed E-state index contributed by atoms with van der Waals surface area (Å²) in [6.07, 6.45) is -0.504. The number of rotatable bonds is 3. The third-order valence-electron chi connectivity index (χ3n) is 3.73. The quantitative estimate of drug-likeness (QED) is 0.916. The third kappa shape index (κ3) is 4.92. The fourth-order valence-electron chi connectivity index (χ4n) is 2.56. The standard InChI is InChI=1S/C17H23FN2O4/c1-17(2,3)24-16(23)20-9-8-19(14(11-20)15(21)22)10-12-4-6-13(18)7-5-12/h4-7,14H,8-11H2,1-3H3,(H,21,22). The number of carboxylic acid groups (broad SMARTS) is 1. The molecule has 1 heterocycles. The Labute approximate surface area is 140 Å². The maximum Gasteiger partial charge on any atom is 0.410 e. The van der Waals surface area contributed by atoms with Gasteiger partial charge in [0.2, 0.25) is 0 Å². The fourth-order valence-corrected chi connectivity index (χ4v) is 2.56. The van der Waals surface area contributed by atoms with E-state index < -0.39 is 23.7 Å². The van der Waals surface area contributed by atoms with E-state index in [2.05, 4.69) is 0 Å². The van der Waals surface area contributed by atoms with Crippen molar-refractivity contribution in [1.29, 1.82) is 0 Å². The zero-order valence-corrected chi connectivity index (χ0v) is 14.2. The summed E-state index contributed by atoms with van der Waals surface area (Å²) in [4.78, 5) is 26.9. The van der Waals surface area contributed by atoms with Crippen molar-refractivity contribution in [1.82, 2.24) is 9.80 Å². The van der Waals surface area contributed by atoms with E-state index in [1.165, 1.54) is 17.0 Å². The van der Waals surface area contributed by atoms with Gasteiger partial charge in [-0.1, -0.05) is 12.1 Å². The Morgan fingerprint density at radius 1 is 1.25 bits per heavy atom. The summed E-state index contributed by atoms with van der Waals surface area (Å²) in [5.74, 6) is -1.33. The Morgan fingerprint density at radius 3 is 2.42 bits per heavy atom. The molecule has 0 spiro atoms. The highest BCUT2D eigenvalue weighted by Gasteiger charge is 2.35. The van der Waals surface area contributed by atoms with Crippen LogP contribution in [0.3, 0.4) is 0 Å². The van der Waals surface area contributed by atoms with Crippen LogP contribution in [0.15, 0.2) is 24.3 Å². The SMILES string of the molecule is CC(C)(C)OC(=O)N1CCN(Cc2ccc(F)cc2)C(C(=O)O)C1. The van der Waals surface area contributed by atoms with Gasteiger partial charge in [0.1, 0.15) is 17.5 Å². The number of piperazine rings is 1. The van der Waals surface area contributed by atoms with Gasteiger partial charge in [-0.2, -0.15) is 0 Å². The van der Waals surface area contributed by atoms with E-state index in [-0.39, 0.29) is 12.4 Å². The molecule has 1 saturated heterocycles. The van der Waals surface area contributed by atoms with Gasteiger partial charge in [0.05, 0.1) is 6.54 Å². The van der Waals surface area contributed by atoms with Crippen molar-refractivity contribution in [3.8, 4) is 0 Å². The minimum Gasteiger partial charge on any atom is -0.480 e. The lowest BCUT2D eigenvalue weighted by molar-refractivity contribution is -0.145. The van der Waals surface area contributed by atoms with Crippen molar-refractivity contribution in [3.63, 3.8) is 0 Å². The summed E-state index contributed by atoms with van der Waals surface area (Å²) in [5, 5.41) is 9.48. The number of hydrogen-bond donors (Lipinski definition) is 1. The van der Waals surface area contributed by atoms with Gasteiger partial charge in [-0.25, -0.2) is 9.18 Å². The molecule has 1 aliphatic rings. The molecule has 24 heavy (non-hydrogen) atoms. The molecule has 7 heteroatoms. The monoisotopic (exact) mass is 338 g/mol. The van der Waals surface area contributed by atoms with Crippen LogP contribution in [0, 0.1) is 5.82 Å². The summed E-state index contributed by atoms with van der Waals surface area (Å²) in [6.45, 7) is 6.55. The van der Waals surface area contributed by atoms with Crippen LogP contribution < -0.4 is 0 Å². The van der Waals surface area contributed by atoms with E-state index in [4.69, 9.17) is 4.74 Å². The van der Waals surface area contributed by atoms with Crippen LogP contribution in [0.25, 0.3) is 0 Å². The zero-order chi connectivity index (χ0) is 17.9. The Balaban J connectivity index is 2.04. The van der Waals surface area contributed by atoms with Crippen LogP contribution in [-0.2, 0) is 16.1 Å². The Bertz CT molecular complexity index is 598. The summed E-state index contributed by atoms with van der Waals surface area (Å²) in [5.41, 5.74) is 0.203. The predicted octanol–water partition coefficient (Wildman–Crippen LogP) is 2.33. The van der Waals surface area contributed by atoms with Crippen molar-refractivity contribution in [2.45, 2.75) is 39.0 Å². The number of carbonyl (C=O) groups is 2. The summed E-state index contributed by atoms with van der Waals surface area (Å²) >= 11 is 0. The summed E-state index contributed by atoms with van der Waals surface area (Å²) < 4.78 is 18.3. The largest absolute Gasteiger partial charge is 0.480 e. The molecular weight excluding hydrogens is 315 g/mol. The lowest BCUT2D eigenvalue weighted by Crippen LogP contribution is -2.57. The molecule has 1 fully saturated rings. The summed E-state index contributed by atoms with van der Waals surface area (Å²) in [7, 11) is 0.